The van der Waals surface area contributed by atoms with Crippen molar-refractivity contribution in [1.29, 1.82) is 0 Å². The average molecular weight is 194 g/mol. The fourth-order valence-electron chi connectivity index (χ4n) is 0.707. The van der Waals surface area contributed by atoms with Gasteiger partial charge in [-0.15, -0.1) is 0 Å². The van der Waals surface area contributed by atoms with E-state index < -0.39 is 8.15 Å². The van der Waals surface area contributed by atoms with E-state index >= 15 is 0 Å². The van der Waals surface area contributed by atoms with Gasteiger partial charge in [0.05, 0.1) is 21.1 Å². The summed E-state index contributed by atoms with van der Waals surface area (Å²) in [6.07, 6.45) is 0.203. The molecule has 12 heavy (non-hydrogen) atoms. The molecule has 0 aromatic heterocycles. The number of aliphatic hydroxyl groups is 1. The van der Waals surface area contributed by atoms with Crippen molar-refractivity contribution in [1.82, 2.24) is 0 Å². The summed E-state index contributed by atoms with van der Waals surface area (Å²) in [7, 11) is 4.06. The lowest BCUT2D eigenvalue weighted by molar-refractivity contribution is -0.861. The summed E-state index contributed by atoms with van der Waals surface area (Å²) < 4.78 is 0.518. The molecule has 5 heteroatoms. The molecule has 0 rings (SSSR count). The Balaban J connectivity index is 3.87. The van der Waals surface area contributed by atoms with E-state index in [4.69, 9.17) is 5.11 Å². The quantitative estimate of drug-likeness (QED) is 0.462. The number of quaternary nitrogens is 1. The summed E-state index contributed by atoms with van der Waals surface area (Å²) in [5.41, 5.74) is -0.147. The molecule has 4 nitrogen and oxygen atoms in total. The van der Waals surface area contributed by atoms with Crippen LogP contribution in [0.5, 0.6) is 0 Å². The van der Waals surface area contributed by atoms with E-state index in [1.54, 1.807) is 0 Å². The van der Waals surface area contributed by atoms with Gasteiger partial charge in [0.2, 0.25) is 5.52 Å². The molecule has 0 radical (unpaired) electrons. The lowest BCUT2D eigenvalue weighted by Crippen LogP contribution is -2.39. The second-order valence-electron chi connectivity index (χ2n) is 3.69. The van der Waals surface area contributed by atoms with Crippen LogP contribution in [-0.2, 0) is 4.79 Å². The van der Waals surface area contributed by atoms with Crippen LogP contribution in [0.4, 0.5) is 0 Å². The van der Waals surface area contributed by atoms with Crippen molar-refractivity contribution in [2.45, 2.75) is 0 Å². The third kappa shape index (κ3) is 5.61. The Labute approximate surface area is 74.2 Å². The fraction of sp³-hybridized carbons (Fsp3) is 0.857. The molecular weight excluding hydrogens is 177 g/mol. The first-order chi connectivity index (χ1) is 5.37. The Morgan fingerprint density at radius 2 is 1.92 bits per heavy atom. The van der Waals surface area contributed by atoms with Gasteiger partial charge in [0.25, 0.3) is 0 Å². The summed E-state index contributed by atoms with van der Waals surface area (Å²) in [5, 5.41) is 8.48. The largest absolute Gasteiger partial charge is 0.396 e. The highest BCUT2D eigenvalue weighted by atomic mass is 31.1. The van der Waals surface area contributed by atoms with Gasteiger partial charge in [0, 0.05) is 12.8 Å². The molecule has 0 spiro atoms. The van der Waals surface area contributed by atoms with Crippen LogP contribution in [-0.4, -0.2) is 60.5 Å². The third-order valence-corrected chi connectivity index (χ3v) is 2.55. The Morgan fingerprint density at radius 1 is 1.42 bits per heavy atom. The standard InChI is InChI=1S/C7H17NO3P/c1-8(2,3)6-7(10)12(11)5-4-9/h9,11H,4-6H2,1-3H3/q+1. The molecule has 72 valence electrons. The minimum absolute atomic E-state index is 0.120. The summed E-state index contributed by atoms with van der Waals surface area (Å²) in [4.78, 5) is 20.4. The van der Waals surface area contributed by atoms with Crippen LogP contribution in [0, 0.1) is 0 Å². The first-order valence-electron chi connectivity index (χ1n) is 3.77. The Kier molecular flexibility index (Phi) is 4.87. The molecule has 1 atom stereocenters. The normalized spacial score (nSPS) is 14.4. The lowest BCUT2D eigenvalue weighted by atomic mass is 10.5. The topological polar surface area (TPSA) is 57.5 Å². The van der Waals surface area contributed by atoms with Crippen LogP contribution in [0.1, 0.15) is 0 Å². The smallest absolute Gasteiger partial charge is 0.235 e. The van der Waals surface area contributed by atoms with Crippen molar-refractivity contribution in [3.05, 3.63) is 0 Å². The van der Waals surface area contributed by atoms with Crippen molar-refractivity contribution in [2.24, 2.45) is 0 Å². The minimum atomic E-state index is -1.61. The molecule has 0 heterocycles. The Morgan fingerprint density at radius 3 is 2.25 bits per heavy atom. The first-order valence-corrected chi connectivity index (χ1v) is 5.25. The lowest BCUT2D eigenvalue weighted by Gasteiger charge is -2.23. The molecule has 0 saturated heterocycles. The van der Waals surface area contributed by atoms with Crippen LogP contribution < -0.4 is 0 Å². The number of hydrogen-bond donors (Lipinski definition) is 2. The number of nitrogens with zero attached hydrogens (tertiary/aromatic N) is 1. The van der Waals surface area contributed by atoms with E-state index in [9.17, 15) is 9.69 Å². The Hall–Kier alpha value is -0.0200. The van der Waals surface area contributed by atoms with Crippen molar-refractivity contribution in [2.75, 3.05) is 40.5 Å². The maximum Gasteiger partial charge on any atom is 0.235 e. The number of carbonyl (C=O) groups is 1. The van der Waals surface area contributed by atoms with E-state index in [1.807, 2.05) is 21.1 Å². The molecule has 0 aliphatic rings. The molecule has 0 aliphatic carbocycles. The highest BCUT2D eigenvalue weighted by Gasteiger charge is 2.21. The van der Waals surface area contributed by atoms with Crippen molar-refractivity contribution in [3.63, 3.8) is 0 Å². The number of rotatable bonds is 5. The molecule has 0 aliphatic heterocycles. The van der Waals surface area contributed by atoms with E-state index in [-0.39, 0.29) is 18.3 Å². The van der Waals surface area contributed by atoms with Gasteiger partial charge >= 0.3 is 0 Å². The van der Waals surface area contributed by atoms with Crippen LogP contribution in [0.3, 0.4) is 0 Å². The number of aliphatic hydroxyl groups excluding tert-OH is 1. The molecule has 1 unspecified atom stereocenters. The van der Waals surface area contributed by atoms with Crippen molar-refractivity contribution >= 4 is 13.7 Å². The van der Waals surface area contributed by atoms with Crippen LogP contribution in [0.2, 0.25) is 0 Å². The summed E-state index contributed by atoms with van der Waals surface area (Å²) >= 11 is 0. The van der Waals surface area contributed by atoms with Gasteiger partial charge in [0.1, 0.15) is 14.7 Å². The fourth-order valence-corrected chi connectivity index (χ4v) is 1.73. The highest BCUT2D eigenvalue weighted by Crippen LogP contribution is 2.30. The van der Waals surface area contributed by atoms with Crippen LogP contribution in [0.25, 0.3) is 0 Å². The summed E-state index contributed by atoms with van der Waals surface area (Å²) in [5.74, 6) is 0. The molecule has 0 fully saturated rings. The predicted octanol–water partition coefficient (Wildman–Crippen LogP) is -0.399. The Bertz CT molecular complexity index is 155. The summed E-state index contributed by atoms with van der Waals surface area (Å²) in [6.45, 7) is 0.202. The number of carbonyl (C=O) groups excluding carboxylic acids is 1. The predicted molar refractivity (Wildman–Crippen MR) is 49.0 cm³/mol. The van der Waals surface area contributed by atoms with Gasteiger partial charge in [-0.1, -0.05) is 0 Å². The second kappa shape index (κ2) is 4.87. The van der Waals surface area contributed by atoms with E-state index in [0.717, 1.165) is 0 Å². The number of likely N-dealkylation sites (N-methyl/N-ethyl adjacent to an activating group) is 1. The molecule has 0 amide bonds. The van der Waals surface area contributed by atoms with E-state index in [2.05, 4.69) is 0 Å². The van der Waals surface area contributed by atoms with Gasteiger partial charge in [-0.3, -0.25) is 4.79 Å². The first kappa shape index (κ1) is 12.0. The molecule has 0 saturated carbocycles. The molecule has 0 bridgehead atoms. The van der Waals surface area contributed by atoms with E-state index in [1.165, 1.54) is 0 Å². The maximum absolute atomic E-state index is 11.2. The molecule has 0 aromatic rings. The van der Waals surface area contributed by atoms with Gasteiger partial charge in [-0.2, -0.15) is 0 Å². The number of hydrogen-bond acceptors (Lipinski definition) is 3. The van der Waals surface area contributed by atoms with Crippen molar-refractivity contribution in [3.8, 4) is 0 Å². The molecular formula is C7H17NO3P+. The van der Waals surface area contributed by atoms with Gasteiger partial charge in [-0.05, 0) is 0 Å². The average Bonchev–Trinajstić information content (AvgIpc) is 1.84. The van der Waals surface area contributed by atoms with Crippen molar-refractivity contribution < 1.29 is 19.3 Å². The SMILES string of the molecule is C[N+](C)(C)CC(=O)P(O)CCO. The molecule has 2 N–H and O–H groups in total. The van der Waals surface area contributed by atoms with Crippen LogP contribution >= 0.6 is 8.15 Å². The van der Waals surface area contributed by atoms with E-state index in [0.29, 0.717) is 11.0 Å². The van der Waals surface area contributed by atoms with Gasteiger partial charge in [0.15, 0.2) is 0 Å². The summed E-state index contributed by atoms with van der Waals surface area (Å²) in [6, 6.07) is 0. The molecule has 0 aromatic carbocycles. The van der Waals surface area contributed by atoms with Gasteiger partial charge < -0.3 is 14.5 Å². The zero-order chi connectivity index (χ0) is 9.78. The maximum atomic E-state index is 11.2. The zero-order valence-electron chi connectivity index (χ0n) is 7.82. The highest BCUT2D eigenvalue weighted by molar-refractivity contribution is 7.69. The third-order valence-electron chi connectivity index (χ3n) is 1.21. The zero-order valence-corrected chi connectivity index (χ0v) is 8.71. The monoisotopic (exact) mass is 194 g/mol. The van der Waals surface area contributed by atoms with Gasteiger partial charge in [-0.25, -0.2) is 0 Å². The van der Waals surface area contributed by atoms with Crippen LogP contribution in [0.15, 0.2) is 0 Å². The minimum Gasteiger partial charge on any atom is -0.396 e. The second-order valence-corrected chi connectivity index (χ2v) is 5.43.